The van der Waals surface area contributed by atoms with Crippen LogP contribution in [0.3, 0.4) is 0 Å². The fourth-order valence-electron chi connectivity index (χ4n) is 1.50. The van der Waals surface area contributed by atoms with Gasteiger partial charge in [-0.3, -0.25) is 4.72 Å². The number of benzene rings is 1. The van der Waals surface area contributed by atoms with Crippen molar-refractivity contribution in [3.8, 4) is 5.75 Å². The molecule has 2 N–H and O–H groups in total. The molecule has 5 nitrogen and oxygen atoms in total. The first-order valence-corrected chi connectivity index (χ1v) is 8.27. The van der Waals surface area contributed by atoms with Gasteiger partial charge in [0, 0.05) is 18.7 Å². The summed E-state index contributed by atoms with van der Waals surface area (Å²) in [6.07, 6.45) is 0. The van der Waals surface area contributed by atoms with Crippen molar-refractivity contribution in [3.63, 3.8) is 0 Å². The largest absolute Gasteiger partial charge is 0.495 e. The molecule has 1 rings (SSSR count). The molecule has 7 heteroatoms. The Morgan fingerprint density at radius 2 is 1.95 bits per heavy atom. The highest BCUT2D eigenvalue weighted by atomic mass is 35.5. The van der Waals surface area contributed by atoms with Crippen molar-refractivity contribution in [1.82, 2.24) is 5.32 Å². The van der Waals surface area contributed by atoms with Crippen molar-refractivity contribution in [2.45, 2.75) is 32.1 Å². The van der Waals surface area contributed by atoms with E-state index < -0.39 is 15.3 Å². The van der Waals surface area contributed by atoms with E-state index in [0.717, 1.165) is 0 Å². The third-order valence-electron chi connectivity index (χ3n) is 2.75. The Morgan fingerprint density at radius 1 is 1.30 bits per heavy atom. The Morgan fingerprint density at radius 3 is 2.50 bits per heavy atom. The van der Waals surface area contributed by atoms with Gasteiger partial charge in [0.15, 0.2) is 0 Å². The lowest BCUT2D eigenvalue weighted by Gasteiger charge is -2.17. The molecular formula is C13H21ClN2O3S. The zero-order valence-corrected chi connectivity index (χ0v) is 13.7. The highest BCUT2D eigenvalue weighted by Gasteiger charge is 2.21. The molecule has 0 aliphatic heterocycles. The standard InChI is InChI=1S/C13H21ClN2O3S/c1-9(2)15-8-10(3)20(17,18)16-11-5-6-12(14)13(7-11)19-4/h5-7,9-10,15-16H,8H2,1-4H3. The summed E-state index contributed by atoms with van der Waals surface area (Å²) >= 11 is 5.90. The molecule has 0 radical (unpaired) electrons. The molecule has 0 amide bonds. The summed E-state index contributed by atoms with van der Waals surface area (Å²) in [7, 11) is -1.98. The van der Waals surface area contributed by atoms with E-state index >= 15 is 0 Å². The van der Waals surface area contributed by atoms with Gasteiger partial charge in [-0.05, 0) is 19.1 Å². The van der Waals surface area contributed by atoms with Crippen LogP contribution >= 0.6 is 11.6 Å². The smallest absolute Gasteiger partial charge is 0.236 e. The van der Waals surface area contributed by atoms with Gasteiger partial charge < -0.3 is 10.1 Å². The molecule has 0 heterocycles. The molecular weight excluding hydrogens is 300 g/mol. The number of sulfonamides is 1. The molecule has 0 saturated carbocycles. The van der Waals surface area contributed by atoms with Crippen LogP contribution in [0.25, 0.3) is 0 Å². The molecule has 0 spiro atoms. The van der Waals surface area contributed by atoms with E-state index in [1.807, 2.05) is 13.8 Å². The lowest BCUT2D eigenvalue weighted by atomic mass is 10.3. The van der Waals surface area contributed by atoms with Crippen LogP contribution in [0.1, 0.15) is 20.8 Å². The van der Waals surface area contributed by atoms with Gasteiger partial charge in [-0.15, -0.1) is 0 Å². The molecule has 0 aliphatic carbocycles. The second-order valence-electron chi connectivity index (χ2n) is 4.87. The molecule has 0 bridgehead atoms. The van der Waals surface area contributed by atoms with Gasteiger partial charge in [0.25, 0.3) is 0 Å². The lowest BCUT2D eigenvalue weighted by molar-refractivity contribution is 0.415. The first-order chi connectivity index (χ1) is 9.26. The average Bonchev–Trinajstić information content (AvgIpc) is 2.37. The molecule has 1 aromatic rings. The van der Waals surface area contributed by atoms with E-state index in [2.05, 4.69) is 10.0 Å². The van der Waals surface area contributed by atoms with Gasteiger partial charge >= 0.3 is 0 Å². The highest BCUT2D eigenvalue weighted by Crippen LogP contribution is 2.28. The maximum atomic E-state index is 12.2. The van der Waals surface area contributed by atoms with Gasteiger partial charge in [0.05, 0.1) is 23.1 Å². The summed E-state index contributed by atoms with van der Waals surface area (Å²) in [5.74, 6) is 0.430. The minimum absolute atomic E-state index is 0.239. The van der Waals surface area contributed by atoms with Crippen LogP contribution in [0.2, 0.25) is 5.02 Å². The Hall–Kier alpha value is -0.980. The van der Waals surface area contributed by atoms with Crippen molar-refractivity contribution < 1.29 is 13.2 Å². The Bertz CT molecular complexity index is 547. The summed E-state index contributed by atoms with van der Waals surface area (Å²) in [6, 6.07) is 4.99. The van der Waals surface area contributed by atoms with E-state index in [1.54, 1.807) is 25.1 Å². The molecule has 0 fully saturated rings. The normalized spacial score (nSPS) is 13.3. The number of anilines is 1. The number of methoxy groups -OCH3 is 1. The second kappa shape index (κ2) is 7.15. The van der Waals surface area contributed by atoms with E-state index in [1.165, 1.54) is 7.11 Å². The van der Waals surface area contributed by atoms with Crippen LogP contribution in [0.4, 0.5) is 5.69 Å². The van der Waals surface area contributed by atoms with Gasteiger partial charge in [-0.1, -0.05) is 25.4 Å². The summed E-state index contributed by atoms with van der Waals surface area (Å²) in [5, 5.41) is 2.99. The Balaban J connectivity index is 2.80. The molecule has 0 aromatic heterocycles. The predicted molar refractivity (Wildman–Crippen MR) is 83.1 cm³/mol. The molecule has 114 valence electrons. The minimum atomic E-state index is -3.46. The average molecular weight is 321 g/mol. The Kier molecular flexibility index (Phi) is 6.10. The summed E-state index contributed by atoms with van der Waals surface area (Å²) in [4.78, 5) is 0. The van der Waals surface area contributed by atoms with Gasteiger partial charge in [0.2, 0.25) is 10.0 Å². The minimum Gasteiger partial charge on any atom is -0.495 e. The van der Waals surface area contributed by atoms with Crippen molar-refractivity contribution >= 4 is 27.3 Å². The molecule has 1 unspecified atom stereocenters. The van der Waals surface area contributed by atoms with Gasteiger partial charge in [-0.2, -0.15) is 0 Å². The van der Waals surface area contributed by atoms with E-state index in [4.69, 9.17) is 16.3 Å². The highest BCUT2D eigenvalue weighted by molar-refractivity contribution is 7.93. The zero-order valence-electron chi connectivity index (χ0n) is 12.1. The van der Waals surface area contributed by atoms with E-state index in [0.29, 0.717) is 23.0 Å². The monoisotopic (exact) mass is 320 g/mol. The molecule has 1 atom stereocenters. The van der Waals surface area contributed by atoms with Crippen molar-refractivity contribution in [3.05, 3.63) is 23.2 Å². The fraction of sp³-hybridized carbons (Fsp3) is 0.538. The zero-order chi connectivity index (χ0) is 15.3. The first kappa shape index (κ1) is 17.1. The molecule has 0 saturated heterocycles. The maximum absolute atomic E-state index is 12.2. The lowest BCUT2D eigenvalue weighted by Crippen LogP contribution is -2.37. The number of halogens is 1. The number of nitrogens with one attached hydrogen (secondary N) is 2. The third kappa shape index (κ3) is 4.85. The van der Waals surface area contributed by atoms with Crippen LogP contribution in [0.5, 0.6) is 5.75 Å². The van der Waals surface area contributed by atoms with Crippen LogP contribution in [0, 0.1) is 0 Å². The number of hydrogen-bond donors (Lipinski definition) is 2. The molecule has 1 aromatic carbocycles. The fourth-order valence-corrected chi connectivity index (χ4v) is 2.67. The topological polar surface area (TPSA) is 67.4 Å². The first-order valence-electron chi connectivity index (χ1n) is 6.35. The van der Waals surface area contributed by atoms with Crippen LogP contribution < -0.4 is 14.8 Å². The van der Waals surface area contributed by atoms with E-state index in [9.17, 15) is 8.42 Å². The number of rotatable bonds is 7. The predicted octanol–water partition coefficient (Wildman–Crippen LogP) is 2.48. The molecule has 20 heavy (non-hydrogen) atoms. The van der Waals surface area contributed by atoms with Crippen molar-refractivity contribution in [2.24, 2.45) is 0 Å². The summed E-state index contributed by atoms with van der Waals surface area (Å²) in [5.41, 5.74) is 0.433. The molecule has 0 aliphatic rings. The Labute approximate surface area is 125 Å². The van der Waals surface area contributed by atoms with Crippen molar-refractivity contribution in [2.75, 3.05) is 18.4 Å². The second-order valence-corrected chi connectivity index (χ2v) is 7.38. The van der Waals surface area contributed by atoms with Crippen molar-refractivity contribution in [1.29, 1.82) is 0 Å². The maximum Gasteiger partial charge on any atom is 0.236 e. The van der Waals surface area contributed by atoms with E-state index in [-0.39, 0.29) is 6.04 Å². The number of hydrogen-bond acceptors (Lipinski definition) is 4. The van der Waals surface area contributed by atoms with Crippen LogP contribution in [0.15, 0.2) is 18.2 Å². The number of ether oxygens (including phenoxy) is 1. The van der Waals surface area contributed by atoms with Gasteiger partial charge in [-0.25, -0.2) is 8.42 Å². The summed E-state index contributed by atoms with van der Waals surface area (Å²) < 4.78 is 31.9. The quantitative estimate of drug-likeness (QED) is 0.810. The van der Waals surface area contributed by atoms with Crippen LogP contribution in [-0.2, 0) is 10.0 Å². The van der Waals surface area contributed by atoms with Gasteiger partial charge in [0.1, 0.15) is 5.75 Å². The summed E-state index contributed by atoms with van der Waals surface area (Å²) in [6.45, 7) is 5.98. The SMILES string of the molecule is COc1cc(NS(=O)(=O)C(C)CNC(C)C)ccc1Cl. The third-order valence-corrected chi connectivity index (χ3v) is 4.81. The van der Waals surface area contributed by atoms with Crippen LogP contribution in [-0.4, -0.2) is 33.4 Å².